The molecular weight excluding hydrogens is 487 g/mol. The Morgan fingerprint density at radius 1 is 1.31 bits per heavy atom. The summed E-state index contributed by atoms with van der Waals surface area (Å²) in [6, 6.07) is 4.15. The molecule has 0 aliphatic heterocycles. The van der Waals surface area contributed by atoms with Crippen LogP contribution in [0.3, 0.4) is 0 Å². The number of nitrogens with zero attached hydrogens (tertiary/aromatic N) is 3. The van der Waals surface area contributed by atoms with Crippen LogP contribution >= 0.6 is 24.0 Å². The second-order valence-electron chi connectivity index (χ2n) is 7.57. The van der Waals surface area contributed by atoms with Gasteiger partial charge in [-0.05, 0) is 58.2 Å². The van der Waals surface area contributed by atoms with Crippen LogP contribution in [-0.4, -0.2) is 34.4 Å². The maximum atomic E-state index is 14.0. The molecule has 1 heterocycles. The molecule has 0 amide bonds. The van der Waals surface area contributed by atoms with E-state index in [4.69, 9.17) is 0 Å². The number of hydrogen-bond acceptors (Lipinski definition) is 2. The van der Waals surface area contributed by atoms with E-state index in [0.717, 1.165) is 17.8 Å². The minimum Gasteiger partial charge on any atom is -0.354 e. The lowest BCUT2D eigenvalue weighted by molar-refractivity contribution is 0.553. The van der Waals surface area contributed by atoms with Crippen molar-refractivity contribution in [3.05, 3.63) is 52.3 Å². The van der Waals surface area contributed by atoms with Gasteiger partial charge in [-0.3, -0.25) is 9.67 Å². The molecule has 1 aromatic heterocycles. The maximum absolute atomic E-state index is 14.0. The highest BCUT2D eigenvalue weighted by atomic mass is 127. The van der Waals surface area contributed by atoms with Gasteiger partial charge in [0.1, 0.15) is 11.6 Å². The van der Waals surface area contributed by atoms with E-state index in [2.05, 4.69) is 34.6 Å². The standard InChI is InChI=1S/C21H29F2N5.HI/c1-6-24-21(25-12(2)10-15-13(3)27-28(5)14(15)4)26-19-11-16(19)20-17(22)8-7-9-18(20)23;/h7-9,12,16,19H,6,10-11H2,1-5H3,(H2,24,25,26);1H. The van der Waals surface area contributed by atoms with Crippen LogP contribution in [0, 0.1) is 25.5 Å². The molecular formula is C21H30F2IN5. The van der Waals surface area contributed by atoms with Gasteiger partial charge >= 0.3 is 0 Å². The van der Waals surface area contributed by atoms with Gasteiger partial charge in [-0.2, -0.15) is 5.10 Å². The molecule has 3 atom stereocenters. The Morgan fingerprint density at radius 3 is 2.52 bits per heavy atom. The predicted molar refractivity (Wildman–Crippen MR) is 123 cm³/mol. The van der Waals surface area contributed by atoms with Crippen LogP contribution in [0.1, 0.15) is 48.7 Å². The average Bonchev–Trinajstić information content (AvgIpc) is 3.32. The van der Waals surface area contributed by atoms with E-state index in [1.807, 2.05) is 25.6 Å². The van der Waals surface area contributed by atoms with E-state index in [1.54, 1.807) is 0 Å². The van der Waals surface area contributed by atoms with Crippen LogP contribution in [-0.2, 0) is 13.5 Å². The topological polar surface area (TPSA) is 54.2 Å². The quantitative estimate of drug-likeness (QED) is 0.347. The monoisotopic (exact) mass is 517 g/mol. The third-order valence-corrected chi connectivity index (χ3v) is 5.35. The number of guanidine groups is 1. The summed E-state index contributed by atoms with van der Waals surface area (Å²) in [5.41, 5.74) is 3.60. The fraction of sp³-hybridized carbons (Fsp3) is 0.524. The minimum atomic E-state index is -0.480. The summed E-state index contributed by atoms with van der Waals surface area (Å²) in [5, 5.41) is 11.2. The highest BCUT2D eigenvalue weighted by Gasteiger charge is 2.42. The second-order valence-corrected chi connectivity index (χ2v) is 7.57. The third-order valence-electron chi connectivity index (χ3n) is 5.35. The van der Waals surface area contributed by atoms with Crippen molar-refractivity contribution in [2.75, 3.05) is 6.54 Å². The van der Waals surface area contributed by atoms with Crippen molar-refractivity contribution in [2.45, 2.75) is 58.5 Å². The number of rotatable bonds is 6. The summed E-state index contributed by atoms with van der Waals surface area (Å²) in [4.78, 5) is 4.50. The number of hydrogen-bond donors (Lipinski definition) is 2. The molecule has 1 aliphatic carbocycles. The Hall–Kier alpha value is -1.71. The summed E-state index contributed by atoms with van der Waals surface area (Å²) in [6.07, 6.45) is 1.52. The Bertz CT molecular complexity index is 860. The van der Waals surface area contributed by atoms with Crippen molar-refractivity contribution < 1.29 is 8.78 Å². The van der Waals surface area contributed by atoms with E-state index in [1.165, 1.54) is 23.8 Å². The van der Waals surface area contributed by atoms with E-state index < -0.39 is 11.6 Å². The van der Waals surface area contributed by atoms with E-state index in [0.29, 0.717) is 18.9 Å². The van der Waals surface area contributed by atoms with Gasteiger partial charge < -0.3 is 10.6 Å². The summed E-state index contributed by atoms with van der Waals surface area (Å²) >= 11 is 0. The SMILES string of the molecule is CCN=C(NC(C)Cc1c(C)nn(C)c1C)NC1CC1c1c(F)cccc1F.I. The van der Waals surface area contributed by atoms with Gasteiger partial charge in [0.05, 0.1) is 5.69 Å². The molecule has 3 rings (SSSR count). The summed E-state index contributed by atoms with van der Waals surface area (Å²) in [7, 11) is 1.95. The lowest BCUT2D eigenvalue weighted by Gasteiger charge is -2.19. The first-order valence-electron chi connectivity index (χ1n) is 9.82. The van der Waals surface area contributed by atoms with Crippen molar-refractivity contribution >= 4 is 29.9 Å². The Balaban J connectivity index is 0.00000300. The molecule has 5 nitrogen and oxygen atoms in total. The molecule has 3 unspecified atom stereocenters. The van der Waals surface area contributed by atoms with Crippen LogP contribution in [0.2, 0.25) is 0 Å². The summed E-state index contributed by atoms with van der Waals surface area (Å²) in [5.74, 6) is -0.444. The Kier molecular flexibility index (Phi) is 8.02. The molecule has 0 radical (unpaired) electrons. The normalized spacial score (nSPS) is 19.5. The van der Waals surface area contributed by atoms with Gasteiger partial charge in [0.25, 0.3) is 0 Å². The van der Waals surface area contributed by atoms with Crippen LogP contribution < -0.4 is 10.6 Å². The summed E-state index contributed by atoms with van der Waals surface area (Å²) in [6.45, 7) is 8.77. The fourth-order valence-corrected chi connectivity index (χ4v) is 3.71. The van der Waals surface area contributed by atoms with E-state index in [-0.39, 0.29) is 47.5 Å². The van der Waals surface area contributed by atoms with E-state index in [9.17, 15) is 8.78 Å². The molecule has 1 aliphatic rings. The molecule has 160 valence electrons. The van der Waals surface area contributed by atoms with Gasteiger partial charge in [0.2, 0.25) is 0 Å². The lowest BCUT2D eigenvalue weighted by Crippen LogP contribution is -2.44. The molecule has 0 saturated heterocycles. The van der Waals surface area contributed by atoms with Gasteiger partial charge in [0, 0.05) is 42.9 Å². The van der Waals surface area contributed by atoms with Crippen LogP contribution in [0.5, 0.6) is 0 Å². The average molecular weight is 517 g/mol. The molecule has 2 N–H and O–H groups in total. The Labute approximate surface area is 188 Å². The van der Waals surface area contributed by atoms with Crippen molar-refractivity contribution in [3.63, 3.8) is 0 Å². The first kappa shape index (κ1) is 23.6. The van der Waals surface area contributed by atoms with E-state index >= 15 is 0 Å². The number of halogens is 3. The zero-order chi connectivity index (χ0) is 20.4. The van der Waals surface area contributed by atoms with Crippen LogP contribution in [0.4, 0.5) is 8.78 Å². The molecule has 0 bridgehead atoms. The number of aryl methyl sites for hydroxylation is 2. The van der Waals surface area contributed by atoms with Crippen LogP contribution in [0.15, 0.2) is 23.2 Å². The van der Waals surface area contributed by atoms with Gasteiger partial charge in [0.15, 0.2) is 5.96 Å². The lowest BCUT2D eigenvalue weighted by atomic mass is 10.1. The molecule has 29 heavy (non-hydrogen) atoms. The summed E-state index contributed by atoms with van der Waals surface area (Å²) < 4.78 is 29.9. The predicted octanol–water partition coefficient (Wildman–Crippen LogP) is 3.98. The van der Waals surface area contributed by atoms with Crippen LogP contribution in [0.25, 0.3) is 0 Å². The third kappa shape index (κ3) is 5.46. The van der Waals surface area contributed by atoms with Crippen molar-refractivity contribution in [3.8, 4) is 0 Å². The maximum Gasteiger partial charge on any atom is 0.191 e. The molecule has 0 spiro atoms. The smallest absolute Gasteiger partial charge is 0.191 e. The number of benzene rings is 1. The van der Waals surface area contributed by atoms with Crippen molar-refractivity contribution in [2.24, 2.45) is 12.0 Å². The molecule has 8 heteroatoms. The fourth-order valence-electron chi connectivity index (χ4n) is 3.71. The highest BCUT2D eigenvalue weighted by Crippen LogP contribution is 2.43. The first-order chi connectivity index (χ1) is 13.3. The molecule has 1 aromatic carbocycles. The Morgan fingerprint density at radius 2 is 1.97 bits per heavy atom. The van der Waals surface area contributed by atoms with Crippen molar-refractivity contribution in [1.82, 2.24) is 20.4 Å². The number of nitrogens with one attached hydrogen (secondary N) is 2. The van der Waals surface area contributed by atoms with Crippen molar-refractivity contribution in [1.29, 1.82) is 0 Å². The molecule has 1 saturated carbocycles. The van der Waals surface area contributed by atoms with Gasteiger partial charge in [-0.1, -0.05) is 6.07 Å². The first-order valence-corrected chi connectivity index (χ1v) is 9.82. The highest BCUT2D eigenvalue weighted by molar-refractivity contribution is 14.0. The minimum absolute atomic E-state index is 0. The largest absolute Gasteiger partial charge is 0.354 e. The zero-order valence-corrected chi connectivity index (χ0v) is 19.9. The number of aliphatic imine (C=N–C) groups is 1. The second kappa shape index (κ2) is 9.86. The molecule has 2 aromatic rings. The number of aromatic nitrogens is 2. The van der Waals surface area contributed by atoms with Gasteiger partial charge in [-0.25, -0.2) is 8.78 Å². The zero-order valence-electron chi connectivity index (χ0n) is 17.6. The molecule has 1 fully saturated rings. The van der Waals surface area contributed by atoms with Gasteiger partial charge in [-0.15, -0.1) is 24.0 Å².